The number of carboxylic acid groups (broad SMARTS) is 1. The molecule has 22 atom stereocenters. The van der Waals surface area contributed by atoms with Gasteiger partial charge in [-0.25, -0.2) is 28.5 Å². The molecule has 0 radical (unpaired) electrons. The molecule has 13 rings (SSSR count). The number of aliphatic hydroxyl groups excluding tert-OH is 9. The van der Waals surface area contributed by atoms with Crippen LogP contribution in [0.1, 0.15) is 155 Å². The average Bonchev–Trinajstić information content (AvgIpc) is 1.61. The van der Waals surface area contributed by atoms with Crippen molar-refractivity contribution in [1.29, 1.82) is 0 Å². The SMILES string of the molecule is C=P(C)(C)CC[C@H]1O[C@@H](c2cn(C)c(=O)n(CCC(C)C(=O)O)c2=O)[C@H](O)[C@@H]1O.C=P(C)(C)CC[C@H]1O[C@@H](c2cn(CCC(C)C(=O)OC(=O)OCC3c4ccccc4-c4ccccc43)c(=O)[n+](C)c2)[C@H](O)[C@@H]1O.C=P(C)(C)CC[C@H]1O[C@@H](n2cc(CC(C)=O)c(=O)[nH]c2=O)[C@H](O)[C@@H]1O.C=P(C)(C)CC[C@H]1O[C@@H](n2cc(CC(C)=O)c(=O)[nH]c2=O)[C@H](O)[C@@H]1O.C=P(C)(C)CC[C@H]1O[C@@H](n2cc(CC(C)=O)c(=O)[nH]c2=O)[C@H](OC)[C@@H]1O. The number of Topliss-reactive ketones (excluding diaryl/α,β-unsaturated/α-hetero) is 3. The topological polar surface area (TPSA) is 613 Å². The van der Waals surface area contributed by atoms with Crippen LogP contribution in [0.15, 0.2) is 129 Å². The number of carboxylic acids is 1. The van der Waals surface area contributed by atoms with E-state index in [9.17, 15) is 118 Å². The maximum Gasteiger partial charge on any atom is 0.516 e. The molecule has 0 amide bonds. The Morgan fingerprint density at radius 2 is 0.807 bits per heavy atom. The number of hydrogen-bond donors (Lipinski definition) is 13. The fourth-order valence-corrected chi connectivity index (χ4v) is 22.7. The van der Waals surface area contributed by atoms with Crippen LogP contribution in [-0.4, -0.2) is 363 Å². The standard InChI is InChI=1S/C34H42N2O8P.C19H31N2O7P.C17H27N2O6P.2C16H25N2O6P/c1-21(32(39)44-34(41)42-20-27-25-12-8-6-10-23(25)24-11-7-9-13-26(24)27)14-16-36-19-22(18-35(2)33(36)40)31-30(38)29(37)28(43-31)15-17-45(3,4)5;1-11(18(25)26)6-8-21-17(24)12(10-20(2)19(21)27)16-15(23)14(22)13(28-16)7-9-29(3,4)5;1-10(20)8-11-9-19(17(23)18-15(11)22)16-14(24-2)13(21)12(25-16)6-7-26(3,4)5;2*1-9(19)7-10-8-18(16(23)17-14(10)22)15-13(21)12(20)11(24-15)5-6-25(2,3)4/h6-13,18-19,21,27-31,37-38H,3,14-17,20H2,1-2,4-5H3;10-11,13-16,22-23H,3,6-9H2,1-2,4-5H3,(H,25,26);9,12-14,16,21H,3,6-8H2,1-2,4-5H3,(H,18,22,23);2*8,11-13,15,20-21H,2,5-7H2,1,3-4H3,(H,17,22,23)/q+1;;;;/t21?,28-,29-,30-,31+;11?,13-,14-,15-,16+;12-,13-,14-,16-;2*11-,12-,13-,15-/m11111/s1. The molecule has 7 aromatic rings. The third-order valence-corrected chi connectivity index (χ3v) is 33.8. The highest BCUT2D eigenvalue weighted by atomic mass is 31.2. The van der Waals surface area contributed by atoms with E-state index in [0.29, 0.717) is 37.7 Å². The average molecular weight is 2200 g/mol. The Kier molecular flexibility index (Phi) is 43.4. The van der Waals surface area contributed by atoms with E-state index in [2.05, 4.69) is 113 Å². The number of H-pyrrole nitrogens is 3. The van der Waals surface area contributed by atoms with E-state index in [4.69, 9.17) is 43.0 Å². The number of rotatable bonds is 37. The zero-order valence-electron chi connectivity index (χ0n) is 88.4. The van der Waals surface area contributed by atoms with Crippen LogP contribution in [0.3, 0.4) is 0 Å². The molecule has 1 aliphatic carbocycles. The van der Waals surface area contributed by atoms with Gasteiger partial charge in [-0.15, -0.1) is 65.9 Å². The fraction of sp³-hybridized carbons (Fsp3) is 0.578. The molecular formula is C102H150N10O33P5+. The predicted octanol–water partition coefficient (Wildman–Crippen LogP) is 2.18. The van der Waals surface area contributed by atoms with Crippen molar-refractivity contribution in [2.24, 2.45) is 25.9 Å². The molecule has 5 fully saturated rings. The van der Waals surface area contributed by atoms with Gasteiger partial charge in [-0.3, -0.25) is 76.4 Å². The largest absolute Gasteiger partial charge is 0.516 e. The summed E-state index contributed by atoms with van der Waals surface area (Å²) in [6, 6.07) is 15.9. The summed E-state index contributed by atoms with van der Waals surface area (Å²) in [5.41, 5.74) is -0.401. The number of aliphatic hydroxyl groups is 9. The number of ether oxygens (including phenoxy) is 8. The molecule has 0 spiro atoms. The molecule has 0 bridgehead atoms. The maximum absolute atomic E-state index is 12.9. The molecule has 10 heterocycles. The second-order valence-corrected chi connectivity index (χ2v) is 64.6. The lowest BCUT2D eigenvalue weighted by atomic mass is 9.98. The molecule has 2 unspecified atom stereocenters. The van der Waals surface area contributed by atoms with E-state index in [1.54, 1.807) is 26.4 Å². The molecule has 5 aromatic heterocycles. The van der Waals surface area contributed by atoms with Crippen LogP contribution >= 0.6 is 34.4 Å². The molecule has 5 saturated heterocycles. The minimum absolute atomic E-state index is 0.0342. The van der Waals surface area contributed by atoms with E-state index >= 15 is 0 Å². The minimum Gasteiger partial charge on any atom is -0.481 e. The van der Waals surface area contributed by atoms with Gasteiger partial charge in [0.15, 0.2) is 18.7 Å². The van der Waals surface area contributed by atoms with Crippen molar-refractivity contribution in [3.8, 4) is 11.1 Å². The van der Waals surface area contributed by atoms with Gasteiger partial charge >= 0.3 is 46.5 Å². The Balaban J connectivity index is 0.000000213. The first kappa shape index (κ1) is 124. The smallest absolute Gasteiger partial charge is 0.481 e. The Morgan fingerprint density at radius 3 is 1.19 bits per heavy atom. The van der Waals surface area contributed by atoms with E-state index in [-0.39, 0.29) is 103 Å². The Morgan fingerprint density at radius 1 is 0.453 bits per heavy atom. The van der Waals surface area contributed by atoms with Crippen molar-refractivity contribution in [2.75, 3.05) is 111 Å². The summed E-state index contributed by atoms with van der Waals surface area (Å²) in [6.45, 7) is 21.4. The summed E-state index contributed by atoms with van der Waals surface area (Å²) in [5.74, 6) is -4.01. The number of aromatic nitrogens is 10. The first-order valence-corrected chi connectivity index (χ1v) is 64.5. The molecule has 13 N–H and O–H groups in total. The Bertz CT molecular complexity index is 6690. The van der Waals surface area contributed by atoms with Gasteiger partial charge in [0.05, 0.1) is 67.1 Å². The van der Waals surface area contributed by atoms with Crippen LogP contribution in [0.2, 0.25) is 0 Å². The molecule has 830 valence electrons. The van der Waals surface area contributed by atoms with Crippen LogP contribution in [0.4, 0.5) is 4.79 Å². The first-order valence-electron chi connectivity index (χ1n) is 49.2. The van der Waals surface area contributed by atoms with Crippen molar-refractivity contribution in [3.05, 3.63) is 218 Å². The van der Waals surface area contributed by atoms with Gasteiger partial charge < -0.3 is 93.5 Å². The van der Waals surface area contributed by atoms with Gasteiger partial charge in [-0.05, 0) is 185 Å². The highest BCUT2D eigenvalue weighted by Crippen LogP contribution is 2.48. The van der Waals surface area contributed by atoms with Crippen molar-refractivity contribution < 1.29 is 122 Å². The monoisotopic (exact) mass is 2200 g/mol. The molecule has 48 heteroatoms. The van der Waals surface area contributed by atoms with E-state index < -0.39 is 232 Å². The Hall–Kier alpha value is -9.64. The van der Waals surface area contributed by atoms with Gasteiger partial charge in [-0.2, -0.15) is 9.36 Å². The summed E-state index contributed by atoms with van der Waals surface area (Å²) in [4.78, 5) is 187. The van der Waals surface area contributed by atoms with Gasteiger partial charge in [0.1, 0.15) is 110 Å². The number of nitrogens with one attached hydrogen (secondary N) is 3. The zero-order chi connectivity index (χ0) is 112. The number of fused-ring (bicyclic) bond motifs is 3. The molecule has 0 saturated carbocycles. The molecule has 6 aliphatic rings. The fourth-order valence-electron chi connectivity index (χ4n) is 18.0. The van der Waals surface area contributed by atoms with Gasteiger partial charge in [0.2, 0.25) is 0 Å². The number of aliphatic carboxylic acids is 1. The number of nitrogens with zero attached hydrogens (tertiary/aromatic N) is 7. The first-order chi connectivity index (χ1) is 69.7. The number of benzene rings is 2. The number of aromatic amines is 3. The molecule has 2 aromatic carbocycles. The quantitative estimate of drug-likeness (QED) is 0.0115. The van der Waals surface area contributed by atoms with Crippen molar-refractivity contribution in [1.82, 2.24) is 42.4 Å². The lowest BCUT2D eigenvalue weighted by Crippen LogP contribution is -2.52. The number of ketones is 3. The normalized spacial score (nSPS) is 25.0. The summed E-state index contributed by atoms with van der Waals surface area (Å²) in [5, 5.41) is 103. The second kappa shape index (κ2) is 52.5. The van der Waals surface area contributed by atoms with Crippen molar-refractivity contribution in [2.45, 2.75) is 240 Å². The number of methoxy groups -OCH3 is 1. The van der Waals surface area contributed by atoms with Gasteiger partial charge in [0, 0.05) is 87.4 Å². The number of aryl methyl sites for hydroxylation is 3. The molecule has 150 heavy (non-hydrogen) atoms. The lowest BCUT2D eigenvalue weighted by molar-refractivity contribution is -0.691. The summed E-state index contributed by atoms with van der Waals surface area (Å²) in [7, 11) is 4.48. The predicted molar refractivity (Wildman–Crippen MR) is 580 cm³/mol. The number of carbonyl (C=O) groups is 6. The second-order valence-electron chi connectivity index (χ2n) is 43.0. The van der Waals surface area contributed by atoms with Crippen molar-refractivity contribution >= 4 is 101 Å². The number of carbonyl (C=O) groups excluding carboxylic acids is 5. The lowest BCUT2D eigenvalue weighted by Gasteiger charge is -2.20. The summed E-state index contributed by atoms with van der Waals surface area (Å²) < 4.78 is 53.1. The molecular weight excluding hydrogens is 2050 g/mol. The van der Waals surface area contributed by atoms with Gasteiger partial charge in [-0.1, -0.05) is 62.4 Å². The minimum atomic E-state index is -1.35. The zero-order valence-corrected chi connectivity index (χ0v) is 92.8. The maximum atomic E-state index is 12.9. The van der Waals surface area contributed by atoms with Gasteiger partial charge in [0.25, 0.3) is 22.2 Å². The van der Waals surface area contributed by atoms with Crippen LogP contribution < -0.4 is 55.3 Å². The molecule has 5 aliphatic heterocycles. The van der Waals surface area contributed by atoms with Crippen LogP contribution in [0.25, 0.3) is 11.1 Å². The summed E-state index contributed by atoms with van der Waals surface area (Å²) >= 11 is 0. The summed E-state index contributed by atoms with van der Waals surface area (Å²) in [6.07, 6.45) is 15.2. The highest BCUT2D eigenvalue weighted by molar-refractivity contribution is 7.73. The van der Waals surface area contributed by atoms with Crippen LogP contribution in [0, 0.1) is 11.8 Å². The highest BCUT2D eigenvalue weighted by Gasteiger charge is 2.50. The van der Waals surface area contributed by atoms with E-state index in [1.807, 2.05) is 48.5 Å². The third-order valence-electron chi connectivity index (χ3n) is 26.5. The van der Waals surface area contributed by atoms with E-state index in [0.717, 1.165) is 66.8 Å². The number of hydrogen-bond acceptors (Lipinski definition) is 32. The molecule has 43 nitrogen and oxygen atoms in total. The van der Waals surface area contributed by atoms with E-state index in [1.165, 1.54) is 84.9 Å². The Labute approximate surface area is 868 Å². The van der Waals surface area contributed by atoms with Crippen molar-refractivity contribution in [3.63, 3.8) is 0 Å². The number of esters is 1. The van der Waals surface area contributed by atoms with Crippen LogP contribution in [0.5, 0.6) is 0 Å². The third kappa shape index (κ3) is 33.5. The van der Waals surface area contributed by atoms with Crippen LogP contribution in [-0.2, 0) is 108 Å².